The van der Waals surface area contributed by atoms with Crippen molar-refractivity contribution in [3.05, 3.63) is 52.1 Å². The van der Waals surface area contributed by atoms with Gasteiger partial charge in [-0.15, -0.1) is 0 Å². The second kappa shape index (κ2) is 4.76. The number of aryl methyl sites for hydroxylation is 1. The zero-order valence-corrected chi connectivity index (χ0v) is 10.7. The van der Waals surface area contributed by atoms with Crippen LogP contribution in [0.1, 0.15) is 11.1 Å². The lowest BCUT2D eigenvalue weighted by Gasteiger charge is -2.05. The van der Waals surface area contributed by atoms with Crippen molar-refractivity contribution in [3.63, 3.8) is 0 Å². The van der Waals surface area contributed by atoms with Crippen molar-refractivity contribution in [2.45, 2.75) is 13.5 Å². The first-order valence-electron chi connectivity index (χ1n) is 5.12. The molecule has 0 radical (unpaired) electrons. The Morgan fingerprint density at radius 1 is 1.25 bits per heavy atom. The zero-order valence-electron chi connectivity index (χ0n) is 9.07. The standard InChI is InChI=1S/C13H13BrN2/c1-9-2-4-11(5-3-9)13-12(14)6-10(7-15)8-16-13/h2-6,8H,7,15H2,1H3. The summed E-state index contributed by atoms with van der Waals surface area (Å²) in [5, 5.41) is 0. The van der Waals surface area contributed by atoms with E-state index in [4.69, 9.17) is 5.73 Å². The van der Waals surface area contributed by atoms with Gasteiger partial charge >= 0.3 is 0 Å². The van der Waals surface area contributed by atoms with Crippen LogP contribution in [0.25, 0.3) is 11.3 Å². The fraction of sp³-hybridized carbons (Fsp3) is 0.154. The van der Waals surface area contributed by atoms with E-state index >= 15 is 0 Å². The van der Waals surface area contributed by atoms with Crippen molar-refractivity contribution in [2.75, 3.05) is 0 Å². The molecule has 2 N–H and O–H groups in total. The Morgan fingerprint density at radius 3 is 2.50 bits per heavy atom. The quantitative estimate of drug-likeness (QED) is 0.914. The number of benzene rings is 1. The minimum Gasteiger partial charge on any atom is -0.326 e. The van der Waals surface area contributed by atoms with Crippen LogP contribution in [0.5, 0.6) is 0 Å². The molecule has 2 rings (SSSR count). The third-order valence-electron chi connectivity index (χ3n) is 2.46. The fourth-order valence-electron chi connectivity index (χ4n) is 1.51. The van der Waals surface area contributed by atoms with Crippen LogP contribution in [0.3, 0.4) is 0 Å². The van der Waals surface area contributed by atoms with Gasteiger partial charge in [0.15, 0.2) is 0 Å². The molecule has 1 heterocycles. The molecule has 1 aromatic carbocycles. The zero-order chi connectivity index (χ0) is 11.5. The van der Waals surface area contributed by atoms with E-state index in [2.05, 4.69) is 52.1 Å². The first kappa shape index (κ1) is 11.3. The Labute approximate surface area is 104 Å². The average Bonchev–Trinajstić information content (AvgIpc) is 2.30. The molecule has 0 bridgehead atoms. The molecular formula is C13H13BrN2. The van der Waals surface area contributed by atoms with E-state index in [9.17, 15) is 0 Å². The van der Waals surface area contributed by atoms with Crippen LogP contribution in [0.2, 0.25) is 0 Å². The Kier molecular flexibility index (Phi) is 3.36. The first-order chi connectivity index (χ1) is 7.70. The number of pyridine rings is 1. The summed E-state index contributed by atoms with van der Waals surface area (Å²) >= 11 is 3.53. The van der Waals surface area contributed by atoms with Gasteiger partial charge in [0.1, 0.15) is 0 Å². The maximum atomic E-state index is 5.57. The second-order valence-corrected chi connectivity index (χ2v) is 4.60. The molecule has 16 heavy (non-hydrogen) atoms. The SMILES string of the molecule is Cc1ccc(-c2ncc(CN)cc2Br)cc1. The summed E-state index contributed by atoms with van der Waals surface area (Å²) in [6, 6.07) is 10.3. The van der Waals surface area contributed by atoms with E-state index in [0.29, 0.717) is 6.54 Å². The van der Waals surface area contributed by atoms with E-state index < -0.39 is 0 Å². The maximum absolute atomic E-state index is 5.57. The molecular weight excluding hydrogens is 264 g/mol. The Morgan fingerprint density at radius 2 is 1.94 bits per heavy atom. The van der Waals surface area contributed by atoms with Crippen molar-refractivity contribution in [2.24, 2.45) is 5.73 Å². The molecule has 3 heteroatoms. The smallest absolute Gasteiger partial charge is 0.0844 e. The van der Waals surface area contributed by atoms with E-state index in [1.165, 1.54) is 5.56 Å². The van der Waals surface area contributed by atoms with Gasteiger partial charge in [0.2, 0.25) is 0 Å². The summed E-state index contributed by atoms with van der Waals surface area (Å²) < 4.78 is 0.985. The molecule has 0 amide bonds. The summed E-state index contributed by atoms with van der Waals surface area (Å²) in [4.78, 5) is 4.42. The molecule has 0 saturated heterocycles. The highest BCUT2D eigenvalue weighted by molar-refractivity contribution is 9.10. The maximum Gasteiger partial charge on any atom is 0.0844 e. The number of halogens is 1. The van der Waals surface area contributed by atoms with E-state index in [1.807, 2.05) is 12.3 Å². The van der Waals surface area contributed by atoms with Crippen LogP contribution in [-0.2, 0) is 6.54 Å². The van der Waals surface area contributed by atoms with Crippen molar-refractivity contribution < 1.29 is 0 Å². The van der Waals surface area contributed by atoms with Crippen LogP contribution >= 0.6 is 15.9 Å². The number of rotatable bonds is 2. The van der Waals surface area contributed by atoms with E-state index in [-0.39, 0.29) is 0 Å². The molecule has 2 aromatic rings. The fourth-order valence-corrected chi connectivity index (χ4v) is 2.14. The lowest BCUT2D eigenvalue weighted by Crippen LogP contribution is -1.98. The third-order valence-corrected chi connectivity index (χ3v) is 3.06. The largest absolute Gasteiger partial charge is 0.326 e. The molecule has 0 aliphatic heterocycles. The lowest BCUT2D eigenvalue weighted by atomic mass is 10.1. The summed E-state index contributed by atoms with van der Waals surface area (Å²) in [6.07, 6.45) is 1.82. The van der Waals surface area contributed by atoms with Crippen LogP contribution in [0.15, 0.2) is 41.0 Å². The topological polar surface area (TPSA) is 38.9 Å². The van der Waals surface area contributed by atoms with Gasteiger partial charge in [-0.25, -0.2) is 0 Å². The minimum absolute atomic E-state index is 0.514. The molecule has 0 aliphatic carbocycles. The second-order valence-electron chi connectivity index (χ2n) is 3.74. The Balaban J connectivity index is 2.44. The molecule has 0 spiro atoms. The van der Waals surface area contributed by atoms with Gasteiger partial charge in [0.05, 0.1) is 5.69 Å². The third kappa shape index (κ3) is 2.31. The number of nitrogens with zero attached hydrogens (tertiary/aromatic N) is 1. The van der Waals surface area contributed by atoms with Crippen LogP contribution in [0.4, 0.5) is 0 Å². The molecule has 0 atom stereocenters. The van der Waals surface area contributed by atoms with Gasteiger partial charge in [-0.05, 0) is 34.5 Å². The number of aromatic nitrogens is 1. The summed E-state index contributed by atoms with van der Waals surface area (Å²) in [7, 11) is 0. The molecule has 1 aromatic heterocycles. The summed E-state index contributed by atoms with van der Waals surface area (Å²) in [6.45, 7) is 2.59. The molecule has 0 saturated carbocycles. The average molecular weight is 277 g/mol. The normalized spacial score (nSPS) is 10.4. The predicted molar refractivity (Wildman–Crippen MR) is 70.0 cm³/mol. The van der Waals surface area contributed by atoms with Crippen molar-refractivity contribution in [3.8, 4) is 11.3 Å². The Hall–Kier alpha value is -1.19. The van der Waals surface area contributed by atoms with Gasteiger partial charge in [0, 0.05) is 22.8 Å². The predicted octanol–water partition coefficient (Wildman–Crippen LogP) is 3.28. The van der Waals surface area contributed by atoms with Gasteiger partial charge < -0.3 is 5.73 Å². The highest BCUT2D eigenvalue weighted by Gasteiger charge is 2.05. The summed E-state index contributed by atoms with van der Waals surface area (Å²) in [5.41, 5.74) is 9.91. The van der Waals surface area contributed by atoms with Gasteiger partial charge in [-0.1, -0.05) is 29.8 Å². The number of hydrogen-bond donors (Lipinski definition) is 1. The molecule has 0 fully saturated rings. The highest BCUT2D eigenvalue weighted by atomic mass is 79.9. The van der Waals surface area contributed by atoms with Crippen molar-refractivity contribution in [1.29, 1.82) is 0 Å². The highest BCUT2D eigenvalue weighted by Crippen LogP contribution is 2.26. The van der Waals surface area contributed by atoms with E-state index in [1.54, 1.807) is 0 Å². The first-order valence-corrected chi connectivity index (χ1v) is 5.91. The van der Waals surface area contributed by atoms with E-state index in [0.717, 1.165) is 21.3 Å². The lowest BCUT2D eigenvalue weighted by molar-refractivity contribution is 1.05. The number of nitrogens with two attached hydrogens (primary N) is 1. The van der Waals surface area contributed by atoms with Crippen molar-refractivity contribution >= 4 is 15.9 Å². The monoisotopic (exact) mass is 276 g/mol. The van der Waals surface area contributed by atoms with Crippen LogP contribution in [-0.4, -0.2) is 4.98 Å². The minimum atomic E-state index is 0.514. The number of hydrogen-bond acceptors (Lipinski definition) is 2. The molecule has 0 unspecified atom stereocenters. The van der Waals surface area contributed by atoms with Crippen LogP contribution in [0, 0.1) is 6.92 Å². The molecule has 2 nitrogen and oxygen atoms in total. The Bertz CT molecular complexity index is 492. The van der Waals surface area contributed by atoms with Gasteiger partial charge in [-0.2, -0.15) is 0 Å². The summed E-state index contributed by atoms with van der Waals surface area (Å²) in [5.74, 6) is 0. The van der Waals surface area contributed by atoms with Gasteiger partial charge in [0.25, 0.3) is 0 Å². The molecule has 82 valence electrons. The molecule has 0 aliphatic rings. The van der Waals surface area contributed by atoms with Crippen molar-refractivity contribution in [1.82, 2.24) is 4.98 Å². The van der Waals surface area contributed by atoms with Gasteiger partial charge in [-0.3, -0.25) is 4.98 Å². The van der Waals surface area contributed by atoms with Crippen LogP contribution < -0.4 is 5.73 Å².